The number of piperidine rings is 1. The van der Waals surface area contributed by atoms with Crippen LogP contribution in [0.5, 0.6) is 5.75 Å². The fourth-order valence-electron chi connectivity index (χ4n) is 2.94. The van der Waals surface area contributed by atoms with Gasteiger partial charge in [0.2, 0.25) is 0 Å². The van der Waals surface area contributed by atoms with Crippen molar-refractivity contribution >= 4 is 27.7 Å². The number of benzene rings is 1. The lowest BCUT2D eigenvalue weighted by Crippen LogP contribution is -2.43. The third-order valence-electron chi connectivity index (χ3n) is 4.10. The van der Waals surface area contributed by atoms with Crippen LogP contribution >= 0.6 is 15.9 Å². The van der Waals surface area contributed by atoms with Crippen LogP contribution in [0.3, 0.4) is 0 Å². The lowest BCUT2D eigenvalue weighted by atomic mass is 10.1. The highest BCUT2D eigenvalue weighted by atomic mass is 79.9. The molecule has 8 heteroatoms. The fraction of sp³-hybridized carbons (Fsp3) is 0.375. The number of ether oxygens (including phenoxy) is 1. The number of nitrogens with zero attached hydrogens (tertiary/aromatic N) is 3. The molecule has 1 unspecified atom stereocenters. The van der Waals surface area contributed by atoms with Crippen molar-refractivity contribution in [1.82, 2.24) is 14.7 Å². The van der Waals surface area contributed by atoms with E-state index in [-0.39, 0.29) is 6.10 Å². The summed E-state index contributed by atoms with van der Waals surface area (Å²) in [5.41, 5.74) is 8.26. The summed E-state index contributed by atoms with van der Waals surface area (Å²) in [4.78, 5) is 12.6. The summed E-state index contributed by atoms with van der Waals surface area (Å²) >= 11 is 3.50. The zero-order valence-electron chi connectivity index (χ0n) is 13.3. The van der Waals surface area contributed by atoms with Gasteiger partial charge in [0, 0.05) is 24.8 Å². The number of nitrogens with two attached hydrogens (primary N) is 1. The highest BCUT2D eigenvalue weighted by Crippen LogP contribution is 2.37. The standard InChI is InChI=1S/C16H19BrN4O3/c1-20-15(13(17)8-19-20)12-7-10(18)4-5-14(12)24-11-3-2-6-21(9-11)16(22)23/h4-5,7-8,11H,2-3,6,9,18H2,1H3,(H,22,23). The third kappa shape index (κ3) is 3.33. The summed E-state index contributed by atoms with van der Waals surface area (Å²) in [5, 5.41) is 13.4. The number of anilines is 1. The Morgan fingerprint density at radius 2 is 2.29 bits per heavy atom. The van der Waals surface area contributed by atoms with E-state index in [2.05, 4.69) is 21.0 Å². The number of amides is 1. The smallest absolute Gasteiger partial charge is 0.407 e. The van der Waals surface area contributed by atoms with Gasteiger partial charge in [-0.15, -0.1) is 0 Å². The fourth-order valence-corrected chi connectivity index (χ4v) is 3.50. The number of halogens is 1. The summed E-state index contributed by atoms with van der Waals surface area (Å²) in [6, 6.07) is 5.44. The van der Waals surface area contributed by atoms with Crippen molar-refractivity contribution in [1.29, 1.82) is 0 Å². The predicted octanol–water partition coefficient (Wildman–Crippen LogP) is 2.95. The lowest BCUT2D eigenvalue weighted by Gasteiger charge is -2.31. The first-order chi connectivity index (χ1) is 11.5. The Morgan fingerprint density at radius 3 is 2.96 bits per heavy atom. The third-order valence-corrected chi connectivity index (χ3v) is 4.68. The minimum Gasteiger partial charge on any atom is -0.488 e. The number of carboxylic acid groups (broad SMARTS) is 1. The maximum atomic E-state index is 11.2. The number of aryl methyl sites for hydroxylation is 1. The molecule has 128 valence electrons. The Bertz CT molecular complexity index is 742. The Balaban J connectivity index is 1.90. The Morgan fingerprint density at radius 1 is 1.50 bits per heavy atom. The van der Waals surface area contributed by atoms with Crippen molar-refractivity contribution in [3.8, 4) is 17.0 Å². The van der Waals surface area contributed by atoms with E-state index in [1.54, 1.807) is 16.9 Å². The highest BCUT2D eigenvalue weighted by molar-refractivity contribution is 9.10. The molecule has 0 bridgehead atoms. The van der Waals surface area contributed by atoms with Crippen LogP contribution < -0.4 is 10.5 Å². The molecule has 1 atom stereocenters. The van der Waals surface area contributed by atoms with Gasteiger partial charge in [-0.1, -0.05) is 0 Å². The molecule has 1 fully saturated rings. The second kappa shape index (κ2) is 6.72. The van der Waals surface area contributed by atoms with Crippen molar-refractivity contribution in [3.05, 3.63) is 28.9 Å². The molecule has 0 aliphatic carbocycles. The molecule has 0 saturated carbocycles. The quantitative estimate of drug-likeness (QED) is 0.780. The van der Waals surface area contributed by atoms with Gasteiger partial charge < -0.3 is 20.5 Å². The van der Waals surface area contributed by atoms with Gasteiger partial charge in [-0.2, -0.15) is 5.10 Å². The zero-order valence-corrected chi connectivity index (χ0v) is 14.9. The van der Waals surface area contributed by atoms with E-state index in [1.165, 1.54) is 4.90 Å². The number of likely N-dealkylation sites (tertiary alicyclic amines) is 1. The van der Waals surface area contributed by atoms with Crippen molar-refractivity contribution < 1.29 is 14.6 Å². The van der Waals surface area contributed by atoms with Crippen LogP contribution in [-0.2, 0) is 7.05 Å². The van der Waals surface area contributed by atoms with Crippen LogP contribution in [0.4, 0.5) is 10.5 Å². The minimum atomic E-state index is -0.907. The van der Waals surface area contributed by atoms with E-state index in [1.807, 2.05) is 19.2 Å². The normalized spacial score (nSPS) is 17.8. The summed E-state index contributed by atoms with van der Waals surface area (Å²) in [6.07, 6.45) is 2.24. The van der Waals surface area contributed by atoms with Gasteiger partial charge in [-0.3, -0.25) is 4.68 Å². The van der Waals surface area contributed by atoms with Crippen molar-refractivity contribution in [3.63, 3.8) is 0 Å². The van der Waals surface area contributed by atoms with E-state index >= 15 is 0 Å². The maximum Gasteiger partial charge on any atom is 0.407 e. The van der Waals surface area contributed by atoms with Gasteiger partial charge in [-0.05, 0) is 47.0 Å². The molecule has 2 aromatic rings. The molecule has 24 heavy (non-hydrogen) atoms. The summed E-state index contributed by atoms with van der Waals surface area (Å²) in [6.45, 7) is 0.919. The summed E-state index contributed by atoms with van der Waals surface area (Å²) in [7, 11) is 1.85. The van der Waals surface area contributed by atoms with E-state index in [0.29, 0.717) is 24.5 Å². The largest absolute Gasteiger partial charge is 0.488 e. The molecule has 1 aromatic heterocycles. The number of nitrogen functional groups attached to an aromatic ring is 1. The molecule has 0 radical (unpaired) electrons. The van der Waals surface area contributed by atoms with E-state index in [0.717, 1.165) is 28.6 Å². The molecule has 7 nitrogen and oxygen atoms in total. The monoisotopic (exact) mass is 394 g/mol. The number of carbonyl (C=O) groups is 1. The first kappa shape index (κ1) is 16.6. The van der Waals surface area contributed by atoms with Crippen LogP contribution in [0.1, 0.15) is 12.8 Å². The van der Waals surface area contributed by atoms with Crippen LogP contribution in [-0.4, -0.2) is 45.1 Å². The number of rotatable bonds is 3. The molecule has 1 aliphatic heterocycles. The zero-order chi connectivity index (χ0) is 17.3. The van der Waals surface area contributed by atoms with Crippen molar-refractivity contribution in [2.24, 2.45) is 7.05 Å². The molecule has 3 rings (SSSR count). The first-order valence-corrected chi connectivity index (χ1v) is 8.47. The van der Waals surface area contributed by atoms with Crippen LogP contribution in [0.15, 0.2) is 28.9 Å². The Labute approximate surface area is 148 Å². The highest BCUT2D eigenvalue weighted by Gasteiger charge is 2.26. The van der Waals surface area contributed by atoms with Gasteiger partial charge in [0.05, 0.1) is 22.9 Å². The van der Waals surface area contributed by atoms with Gasteiger partial charge in [0.1, 0.15) is 11.9 Å². The molecular weight excluding hydrogens is 376 g/mol. The average Bonchev–Trinajstić information content (AvgIpc) is 2.88. The van der Waals surface area contributed by atoms with E-state index < -0.39 is 6.09 Å². The summed E-state index contributed by atoms with van der Waals surface area (Å²) in [5.74, 6) is 0.672. The van der Waals surface area contributed by atoms with Crippen molar-refractivity contribution in [2.45, 2.75) is 18.9 Å². The molecular formula is C16H19BrN4O3. The molecule has 1 aliphatic rings. The molecule has 2 heterocycles. The van der Waals surface area contributed by atoms with Gasteiger partial charge in [-0.25, -0.2) is 4.79 Å². The first-order valence-electron chi connectivity index (χ1n) is 7.67. The summed E-state index contributed by atoms with van der Waals surface area (Å²) < 4.78 is 8.72. The average molecular weight is 395 g/mol. The topological polar surface area (TPSA) is 93.6 Å². The lowest BCUT2D eigenvalue weighted by molar-refractivity contribution is 0.0795. The minimum absolute atomic E-state index is 0.177. The molecule has 1 aromatic carbocycles. The second-order valence-electron chi connectivity index (χ2n) is 5.83. The van der Waals surface area contributed by atoms with Gasteiger partial charge in [0.15, 0.2) is 0 Å². The van der Waals surface area contributed by atoms with Gasteiger partial charge >= 0.3 is 6.09 Å². The number of aromatic nitrogens is 2. The second-order valence-corrected chi connectivity index (χ2v) is 6.69. The van der Waals surface area contributed by atoms with Crippen LogP contribution in [0.25, 0.3) is 11.3 Å². The van der Waals surface area contributed by atoms with Crippen LogP contribution in [0.2, 0.25) is 0 Å². The Kier molecular flexibility index (Phi) is 4.66. The van der Waals surface area contributed by atoms with Crippen molar-refractivity contribution in [2.75, 3.05) is 18.8 Å². The van der Waals surface area contributed by atoms with E-state index in [4.69, 9.17) is 10.5 Å². The molecule has 1 saturated heterocycles. The van der Waals surface area contributed by atoms with Gasteiger partial charge in [0.25, 0.3) is 0 Å². The predicted molar refractivity (Wildman–Crippen MR) is 94.0 cm³/mol. The van der Waals surface area contributed by atoms with Crippen LogP contribution in [0, 0.1) is 0 Å². The molecule has 0 spiro atoms. The Hall–Kier alpha value is -2.22. The molecule has 3 N–H and O–H groups in total. The number of hydrogen-bond acceptors (Lipinski definition) is 4. The number of hydrogen-bond donors (Lipinski definition) is 2. The van der Waals surface area contributed by atoms with E-state index in [9.17, 15) is 9.90 Å². The molecule has 1 amide bonds. The maximum absolute atomic E-state index is 11.2. The SMILES string of the molecule is Cn1ncc(Br)c1-c1cc(N)ccc1OC1CCCN(C(=O)O)C1.